The van der Waals surface area contributed by atoms with Crippen LogP contribution in [0.25, 0.3) is 10.9 Å². The quantitative estimate of drug-likeness (QED) is 0.772. The van der Waals surface area contributed by atoms with Crippen LogP contribution in [-0.2, 0) is 7.05 Å². The van der Waals surface area contributed by atoms with Gasteiger partial charge < -0.3 is 10.6 Å². The Hall–Kier alpha value is -2.89. The number of aryl methyl sites for hydroxylation is 1. The lowest BCUT2D eigenvalue weighted by atomic mass is 10.1. The zero-order chi connectivity index (χ0) is 14.8. The lowest BCUT2D eigenvalue weighted by Gasteiger charge is -2.09. The number of anilines is 2. The second-order valence-corrected chi connectivity index (χ2v) is 4.68. The summed E-state index contributed by atoms with van der Waals surface area (Å²) in [5.41, 5.74) is 2.02. The van der Waals surface area contributed by atoms with Gasteiger partial charge in [0.25, 0.3) is 5.91 Å². The Bertz CT molecular complexity index is 809. The van der Waals surface area contributed by atoms with Crippen molar-refractivity contribution < 1.29 is 4.79 Å². The fraction of sp³-hybridized carbons (Fsp3) is 0.133. The van der Waals surface area contributed by atoms with E-state index in [1.807, 2.05) is 24.3 Å². The number of aromatic nitrogens is 3. The first-order valence-electron chi connectivity index (χ1n) is 6.55. The summed E-state index contributed by atoms with van der Waals surface area (Å²) in [7, 11) is 3.58. The zero-order valence-electron chi connectivity index (χ0n) is 11.8. The molecule has 3 aromatic rings. The molecule has 0 aliphatic rings. The average Bonchev–Trinajstić information content (AvgIpc) is 2.91. The molecule has 0 fully saturated rings. The number of carbonyl (C=O) groups excluding carboxylic acids is 1. The maximum atomic E-state index is 12.5. The molecular weight excluding hydrogens is 266 g/mol. The number of fused-ring (bicyclic) bond motifs is 1. The van der Waals surface area contributed by atoms with Gasteiger partial charge in [0.1, 0.15) is 5.82 Å². The van der Waals surface area contributed by atoms with Crippen LogP contribution in [0.5, 0.6) is 0 Å². The number of hydrogen-bond acceptors (Lipinski definition) is 4. The largest absolute Gasteiger partial charge is 0.373 e. The van der Waals surface area contributed by atoms with Crippen LogP contribution < -0.4 is 10.6 Å². The molecule has 0 atom stereocenters. The smallest absolute Gasteiger partial charge is 0.256 e. The molecule has 0 aliphatic heterocycles. The number of pyridine rings is 1. The first-order valence-corrected chi connectivity index (χ1v) is 6.55. The third-order valence-electron chi connectivity index (χ3n) is 3.18. The number of hydrogen-bond donors (Lipinski definition) is 2. The highest BCUT2D eigenvalue weighted by atomic mass is 16.1. The van der Waals surface area contributed by atoms with Gasteiger partial charge in [-0.3, -0.25) is 9.48 Å². The van der Waals surface area contributed by atoms with Crippen molar-refractivity contribution in [2.24, 2.45) is 7.05 Å². The zero-order valence-corrected chi connectivity index (χ0v) is 11.8. The molecular formula is C15H15N5O. The number of nitrogens with one attached hydrogen (secondary N) is 2. The standard InChI is InChI=1S/C15H15N5O/c1-16-14-7-12(11-5-3-4-6-13(11)19-14)15(21)18-10-8-17-20(2)9-10/h3-9H,1-2H3,(H,16,19)(H,18,21). The van der Waals surface area contributed by atoms with Gasteiger partial charge in [0.15, 0.2) is 0 Å². The normalized spacial score (nSPS) is 10.6. The minimum absolute atomic E-state index is 0.182. The number of carbonyl (C=O) groups is 1. The molecule has 2 heterocycles. The van der Waals surface area contributed by atoms with Crippen molar-refractivity contribution in [1.29, 1.82) is 0 Å². The molecule has 106 valence electrons. The average molecular weight is 281 g/mol. The van der Waals surface area contributed by atoms with E-state index in [2.05, 4.69) is 20.7 Å². The monoisotopic (exact) mass is 281 g/mol. The Morgan fingerprint density at radius 2 is 2.10 bits per heavy atom. The van der Waals surface area contributed by atoms with Crippen LogP contribution >= 0.6 is 0 Å². The van der Waals surface area contributed by atoms with Gasteiger partial charge in [0.2, 0.25) is 0 Å². The molecule has 6 heteroatoms. The molecule has 6 nitrogen and oxygen atoms in total. The molecule has 0 radical (unpaired) electrons. The highest BCUT2D eigenvalue weighted by molar-refractivity contribution is 6.12. The van der Waals surface area contributed by atoms with E-state index in [1.54, 1.807) is 37.2 Å². The van der Waals surface area contributed by atoms with Gasteiger partial charge in [-0.05, 0) is 12.1 Å². The molecule has 0 aliphatic carbocycles. The molecule has 0 saturated carbocycles. The van der Waals surface area contributed by atoms with Crippen molar-refractivity contribution in [2.75, 3.05) is 17.7 Å². The number of benzene rings is 1. The topological polar surface area (TPSA) is 71.8 Å². The summed E-state index contributed by atoms with van der Waals surface area (Å²) < 4.78 is 1.64. The van der Waals surface area contributed by atoms with Crippen LogP contribution in [0, 0.1) is 0 Å². The minimum atomic E-state index is -0.182. The van der Waals surface area contributed by atoms with Crippen molar-refractivity contribution in [3.8, 4) is 0 Å². The molecule has 0 bridgehead atoms. The predicted octanol–water partition coefficient (Wildman–Crippen LogP) is 2.26. The number of rotatable bonds is 3. The predicted molar refractivity (Wildman–Crippen MR) is 82.5 cm³/mol. The van der Waals surface area contributed by atoms with Crippen molar-refractivity contribution in [1.82, 2.24) is 14.8 Å². The molecule has 1 amide bonds. The second kappa shape index (κ2) is 5.24. The van der Waals surface area contributed by atoms with E-state index in [1.165, 1.54) is 0 Å². The molecule has 0 spiro atoms. The molecule has 0 unspecified atom stereocenters. The summed E-state index contributed by atoms with van der Waals surface area (Å²) in [5, 5.41) is 10.7. The lowest BCUT2D eigenvalue weighted by molar-refractivity contribution is 0.102. The van der Waals surface area contributed by atoms with E-state index >= 15 is 0 Å². The van der Waals surface area contributed by atoms with E-state index in [9.17, 15) is 4.79 Å². The summed E-state index contributed by atoms with van der Waals surface area (Å²) in [4.78, 5) is 16.9. The van der Waals surface area contributed by atoms with Crippen LogP contribution in [0.2, 0.25) is 0 Å². The van der Waals surface area contributed by atoms with Crippen molar-refractivity contribution >= 4 is 28.3 Å². The summed E-state index contributed by atoms with van der Waals surface area (Å²) in [6.07, 6.45) is 3.36. The first kappa shape index (κ1) is 13.1. The van der Waals surface area contributed by atoms with Crippen LogP contribution in [0.1, 0.15) is 10.4 Å². The Labute approximate surface area is 121 Å². The van der Waals surface area contributed by atoms with E-state index in [-0.39, 0.29) is 5.91 Å². The van der Waals surface area contributed by atoms with Gasteiger partial charge in [0, 0.05) is 25.7 Å². The molecule has 2 aromatic heterocycles. The molecule has 2 N–H and O–H groups in total. The third kappa shape index (κ3) is 2.55. The molecule has 0 saturated heterocycles. The van der Waals surface area contributed by atoms with E-state index in [0.29, 0.717) is 17.1 Å². The third-order valence-corrected chi connectivity index (χ3v) is 3.18. The maximum Gasteiger partial charge on any atom is 0.256 e. The van der Waals surface area contributed by atoms with Crippen LogP contribution in [0.3, 0.4) is 0 Å². The van der Waals surface area contributed by atoms with E-state index < -0.39 is 0 Å². The van der Waals surface area contributed by atoms with Gasteiger partial charge in [0.05, 0.1) is 23.0 Å². The second-order valence-electron chi connectivity index (χ2n) is 4.68. The van der Waals surface area contributed by atoms with Crippen LogP contribution in [-0.4, -0.2) is 27.7 Å². The maximum absolute atomic E-state index is 12.5. The first-order chi connectivity index (χ1) is 10.2. The molecule has 21 heavy (non-hydrogen) atoms. The molecule has 1 aromatic carbocycles. The summed E-state index contributed by atoms with van der Waals surface area (Å²) in [6.45, 7) is 0. The van der Waals surface area contributed by atoms with Crippen molar-refractivity contribution in [3.05, 3.63) is 48.3 Å². The number of amides is 1. The van der Waals surface area contributed by atoms with Crippen molar-refractivity contribution in [3.63, 3.8) is 0 Å². The number of nitrogens with zero attached hydrogens (tertiary/aromatic N) is 3. The van der Waals surface area contributed by atoms with Gasteiger partial charge in [-0.25, -0.2) is 4.98 Å². The Morgan fingerprint density at radius 3 is 2.81 bits per heavy atom. The Kier molecular flexibility index (Phi) is 3.27. The minimum Gasteiger partial charge on any atom is -0.373 e. The van der Waals surface area contributed by atoms with Crippen LogP contribution in [0.15, 0.2) is 42.7 Å². The van der Waals surface area contributed by atoms with E-state index in [0.717, 1.165) is 10.9 Å². The summed E-state index contributed by atoms with van der Waals surface area (Å²) in [5.74, 6) is 0.475. The highest BCUT2D eigenvalue weighted by Crippen LogP contribution is 2.21. The summed E-state index contributed by atoms with van der Waals surface area (Å²) in [6, 6.07) is 9.31. The van der Waals surface area contributed by atoms with Gasteiger partial charge in [-0.15, -0.1) is 0 Å². The summed E-state index contributed by atoms with van der Waals surface area (Å²) >= 11 is 0. The van der Waals surface area contributed by atoms with Gasteiger partial charge in [-0.1, -0.05) is 18.2 Å². The fourth-order valence-electron chi connectivity index (χ4n) is 2.18. The molecule has 3 rings (SSSR count). The Balaban J connectivity index is 2.03. The van der Waals surface area contributed by atoms with Crippen LogP contribution in [0.4, 0.5) is 11.5 Å². The van der Waals surface area contributed by atoms with E-state index in [4.69, 9.17) is 0 Å². The fourth-order valence-corrected chi connectivity index (χ4v) is 2.18. The Morgan fingerprint density at radius 1 is 1.29 bits per heavy atom. The lowest BCUT2D eigenvalue weighted by Crippen LogP contribution is -2.13. The van der Waals surface area contributed by atoms with Crippen molar-refractivity contribution in [2.45, 2.75) is 0 Å². The van der Waals surface area contributed by atoms with Gasteiger partial charge in [-0.2, -0.15) is 5.10 Å². The number of para-hydroxylation sites is 1. The highest BCUT2D eigenvalue weighted by Gasteiger charge is 2.13. The van der Waals surface area contributed by atoms with Gasteiger partial charge >= 0.3 is 0 Å². The SMILES string of the molecule is CNc1cc(C(=O)Nc2cnn(C)c2)c2ccccc2n1.